The van der Waals surface area contributed by atoms with Crippen LogP contribution in [0.5, 0.6) is 0 Å². The number of aryl methyl sites for hydroxylation is 1. The summed E-state index contributed by atoms with van der Waals surface area (Å²) in [6.07, 6.45) is 0. The van der Waals surface area contributed by atoms with Crippen molar-refractivity contribution in [2.24, 2.45) is 0 Å². The highest BCUT2D eigenvalue weighted by Gasteiger charge is 2.19. The van der Waals surface area contributed by atoms with Crippen molar-refractivity contribution in [3.63, 3.8) is 0 Å². The van der Waals surface area contributed by atoms with E-state index in [1.165, 1.54) is 11.6 Å². The standard InChI is InChI=1S/C22H24FN5/c1-17-24-21(26-20-10-6-5-9-19(20)23)15-22(25-17)28-13-11-27(12-14-28)16-18-7-3-2-4-8-18/h2-10,15H,11-14,16H2,1H3,(H,24,25,26). The highest BCUT2D eigenvalue weighted by molar-refractivity contribution is 5.60. The first-order chi connectivity index (χ1) is 13.7. The molecule has 5 nitrogen and oxygen atoms in total. The summed E-state index contributed by atoms with van der Waals surface area (Å²) < 4.78 is 13.9. The lowest BCUT2D eigenvalue weighted by Gasteiger charge is -2.35. The average Bonchev–Trinajstić information content (AvgIpc) is 2.71. The van der Waals surface area contributed by atoms with E-state index in [1.54, 1.807) is 18.2 Å². The fourth-order valence-electron chi connectivity index (χ4n) is 3.46. The van der Waals surface area contributed by atoms with Gasteiger partial charge in [0.15, 0.2) is 0 Å². The summed E-state index contributed by atoms with van der Waals surface area (Å²) in [6, 6.07) is 19.1. The van der Waals surface area contributed by atoms with Gasteiger partial charge in [-0.05, 0) is 24.6 Å². The molecule has 0 aliphatic carbocycles. The normalized spacial score (nSPS) is 14.9. The van der Waals surface area contributed by atoms with Crippen LogP contribution in [0.15, 0.2) is 60.7 Å². The number of anilines is 3. The molecule has 6 heteroatoms. The van der Waals surface area contributed by atoms with Gasteiger partial charge in [0.05, 0.1) is 5.69 Å². The number of aromatic nitrogens is 2. The molecule has 2 aromatic carbocycles. The highest BCUT2D eigenvalue weighted by Crippen LogP contribution is 2.22. The molecule has 4 rings (SSSR count). The van der Waals surface area contributed by atoms with Gasteiger partial charge < -0.3 is 10.2 Å². The minimum atomic E-state index is -0.296. The SMILES string of the molecule is Cc1nc(Nc2ccccc2F)cc(N2CCN(Cc3ccccc3)CC2)n1. The first-order valence-corrected chi connectivity index (χ1v) is 9.56. The lowest BCUT2D eigenvalue weighted by Crippen LogP contribution is -2.46. The molecule has 0 saturated carbocycles. The van der Waals surface area contributed by atoms with Gasteiger partial charge in [-0.3, -0.25) is 4.90 Å². The second-order valence-corrected chi connectivity index (χ2v) is 7.01. The van der Waals surface area contributed by atoms with E-state index in [0.717, 1.165) is 38.5 Å². The molecule has 0 bridgehead atoms. The van der Waals surface area contributed by atoms with E-state index in [9.17, 15) is 4.39 Å². The van der Waals surface area contributed by atoms with Crippen LogP contribution in [-0.2, 0) is 6.54 Å². The van der Waals surface area contributed by atoms with E-state index in [-0.39, 0.29) is 5.82 Å². The molecule has 28 heavy (non-hydrogen) atoms. The lowest BCUT2D eigenvalue weighted by atomic mass is 10.2. The summed E-state index contributed by atoms with van der Waals surface area (Å²) >= 11 is 0. The van der Waals surface area contributed by atoms with Gasteiger partial charge in [0.2, 0.25) is 0 Å². The third kappa shape index (κ3) is 4.46. The molecule has 0 radical (unpaired) electrons. The van der Waals surface area contributed by atoms with Gasteiger partial charge in [0.25, 0.3) is 0 Å². The Bertz CT molecular complexity index is 923. The number of hydrogen-bond acceptors (Lipinski definition) is 5. The van der Waals surface area contributed by atoms with Crippen molar-refractivity contribution in [2.45, 2.75) is 13.5 Å². The minimum absolute atomic E-state index is 0.296. The van der Waals surface area contributed by atoms with Gasteiger partial charge in [0, 0.05) is 38.8 Å². The first-order valence-electron chi connectivity index (χ1n) is 9.56. The van der Waals surface area contributed by atoms with E-state index in [4.69, 9.17) is 0 Å². The summed E-state index contributed by atoms with van der Waals surface area (Å²) in [5, 5.41) is 3.07. The van der Waals surface area contributed by atoms with Crippen molar-refractivity contribution >= 4 is 17.3 Å². The number of piperazine rings is 1. The predicted octanol–water partition coefficient (Wildman–Crippen LogP) is 3.99. The van der Waals surface area contributed by atoms with Crippen LogP contribution < -0.4 is 10.2 Å². The van der Waals surface area contributed by atoms with E-state index in [0.29, 0.717) is 17.3 Å². The molecule has 0 unspecified atom stereocenters. The van der Waals surface area contributed by atoms with Crippen molar-refractivity contribution in [3.05, 3.63) is 77.9 Å². The van der Waals surface area contributed by atoms with Crippen LogP contribution in [0.2, 0.25) is 0 Å². The zero-order valence-corrected chi connectivity index (χ0v) is 16.0. The molecule has 1 fully saturated rings. The second kappa shape index (κ2) is 8.35. The van der Waals surface area contributed by atoms with Gasteiger partial charge in [-0.25, -0.2) is 14.4 Å². The number of rotatable bonds is 5. The Balaban J connectivity index is 1.42. The maximum absolute atomic E-state index is 13.9. The van der Waals surface area contributed by atoms with Gasteiger partial charge >= 0.3 is 0 Å². The fraction of sp³-hybridized carbons (Fsp3) is 0.273. The van der Waals surface area contributed by atoms with Gasteiger partial charge in [-0.1, -0.05) is 42.5 Å². The quantitative estimate of drug-likeness (QED) is 0.728. The van der Waals surface area contributed by atoms with Crippen LogP contribution in [0.4, 0.5) is 21.7 Å². The number of hydrogen-bond donors (Lipinski definition) is 1. The van der Waals surface area contributed by atoms with Gasteiger partial charge in [-0.2, -0.15) is 0 Å². The molecule has 1 aromatic heterocycles. The number of nitrogens with zero attached hydrogens (tertiary/aromatic N) is 4. The maximum atomic E-state index is 13.9. The summed E-state index contributed by atoms with van der Waals surface area (Å²) in [5.74, 6) is 1.86. The third-order valence-corrected chi connectivity index (χ3v) is 4.91. The Morgan fingerprint density at radius 2 is 1.64 bits per heavy atom. The zero-order valence-electron chi connectivity index (χ0n) is 16.0. The lowest BCUT2D eigenvalue weighted by molar-refractivity contribution is 0.249. The Labute approximate surface area is 164 Å². The molecule has 0 spiro atoms. The number of halogens is 1. The minimum Gasteiger partial charge on any atom is -0.354 e. The summed E-state index contributed by atoms with van der Waals surface area (Å²) in [4.78, 5) is 13.7. The van der Waals surface area contributed by atoms with Crippen LogP contribution in [0.1, 0.15) is 11.4 Å². The van der Waals surface area contributed by atoms with Gasteiger partial charge in [-0.15, -0.1) is 0 Å². The number of benzene rings is 2. The van der Waals surface area contributed by atoms with Crippen LogP contribution in [-0.4, -0.2) is 41.0 Å². The smallest absolute Gasteiger partial charge is 0.146 e. The molecular formula is C22H24FN5. The Morgan fingerprint density at radius 3 is 2.39 bits per heavy atom. The van der Waals surface area contributed by atoms with Gasteiger partial charge in [0.1, 0.15) is 23.3 Å². The molecule has 3 aromatic rings. The third-order valence-electron chi connectivity index (χ3n) is 4.91. The van der Waals surface area contributed by atoms with Crippen LogP contribution in [0, 0.1) is 12.7 Å². The van der Waals surface area contributed by atoms with Crippen LogP contribution >= 0.6 is 0 Å². The monoisotopic (exact) mass is 377 g/mol. The van der Waals surface area contributed by atoms with Crippen molar-refractivity contribution in [2.75, 3.05) is 36.4 Å². The van der Waals surface area contributed by atoms with Crippen molar-refractivity contribution in [1.82, 2.24) is 14.9 Å². The van der Waals surface area contributed by atoms with Crippen LogP contribution in [0.3, 0.4) is 0 Å². The first kappa shape index (κ1) is 18.4. The van der Waals surface area contributed by atoms with Crippen molar-refractivity contribution in [3.8, 4) is 0 Å². The maximum Gasteiger partial charge on any atom is 0.146 e. The van der Waals surface area contributed by atoms with E-state index < -0.39 is 0 Å². The van der Waals surface area contributed by atoms with E-state index in [2.05, 4.69) is 49.4 Å². The molecule has 1 saturated heterocycles. The molecule has 0 amide bonds. The Morgan fingerprint density at radius 1 is 0.929 bits per heavy atom. The summed E-state index contributed by atoms with van der Waals surface area (Å²) in [6.45, 7) is 6.60. The topological polar surface area (TPSA) is 44.3 Å². The number of para-hydroxylation sites is 1. The Hall–Kier alpha value is -2.99. The molecule has 1 N–H and O–H groups in total. The molecule has 0 atom stereocenters. The Kier molecular flexibility index (Phi) is 5.48. The van der Waals surface area contributed by atoms with E-state index >= 15 is 0 Å². The molecular weight excluding hydrogens is 353 g/mol. The summed E-state index contributed by atoms with van der Waals surface area (Å²) in [7, 11) is 0. The molecule has 1 aliphatic heterocycles. The van der Waals surface area contributed by atoms with E-state index in [1.807, 2.05) is 19.1 Å². The summed E-state index contributed by atoms with van der Waals surface area (Å²) in [5.41, 5.74) is 1.75. The predicted molar refractivity (Wildman–Crippen MR) is 110 cm³/mol. The molecule has 144 valence electrons. The molecule has 1 aliphatic rings. The van der Waals surface area contributed by atoms with Crippen LogP contribution in [0.25, 0.3) is 0 Å². The van der Waals surface area contributed by atoms with Crippen molar-refractivity contribution in [1.29, 1.82) is 0 Å². The zero-order chi connectivity index (χ0) is 19.3. The average molecular weight is 377 g/mol. The number of nitrogens with one attached hydrogen (secondary N) is 1. The van der Waals surface area contributed by atoms with Crippen molar-refractivity contribution < 1.29 is 4.39 Å². The highest BCUT2D eigenvalue weighted by atomic mass is 19.1. The molecule has 2 heterocycles. The second-order valence-electron chi connectivity index (χ2n) is 7.01. The largest absolute Gasteiger partial charge is 0.354 e. The fourth-order valence-corrected chi connectivity index (χ4v) is 3.46.